The molecule has 2 unspecified atom stereocenters. The molecule has 1 aliphatic rings. The Balaban J connectivity index is 2.61. The van der Waals surface area contributed by atoms with Crippen molar-refractivity contribution in [1.29, 1.82) is 0 Å². The van der Waals surface area contributed by atoms with E-state index in [1.807, 2.05) is 6.08 Å². The molecule has 0 saturated heterocycles. The van der Waals surface area contributed by atoms with Crippen molar-refractivity contribution in [2.75, 3.05) is 0 Å². The molecule has 0 amide bonds. The van der Waals surface area contributed by atoms with Gasteiger partial charge < -0.3 is 0 Å². The van der Waals surface area contributed by atoms with Crippen molar-refractivity contribution < 1.29 is 4.39 Å². The second-order valence-corrected chi connectivity index (χ2v) is 5.32. The molecule has 102 valence electrons. The van der Waals surface area contributed by atoms with Gasteiger partial charge in [-0.15, -0.1) is 0 Å². The molecule has 0 radical (unpaired) electrons. The summed E-state index contributed by atoms with van der Waals surface area (Å²) in [6.07, 6.45) is 12.6. The van der Waals surface area contributed by atoms with Gasteiger partial charge in [0.2, 0.25) is 0 Å². The van der Waals surface area contributed by atoms with Gasteiger partial charge in [-0.1, -0.05) is 51.5 Å². The molecular formula is C17H27F. The van der Waals surface area contributed by atoms with E-state index in [1.165, 1.54) is 5.57 Å². The average Bonchev–Trinajstić information content (AvgIpc) is 2.75. The van der Waals surface area contributed by atoms with E-state index in [2.05, 4.69) is 45.9 Å². The van der Waals surface area contributed by atoms with Crippen LogP contribution in [0.3, 0.4) is 0 Å². The highest BCUT2D eigenvalue weighted by Crippen LogP contribution is 2.38. The zero-order valence-electron chi connectivity index (χ0n) is 12.2. The van der Waals surface area contributed by atoms with Crippen molar-refractivity contribution in [2.45, 2.75) is 53.4 Å². The van der Waals surface area contributed by atoms with Crippen LogP contribution in [0.2, 0.25) is 0 Å². The largest absolute Gasteiger partial charge is 0.212 e. The minimum Gasteiger partial charge on any atom is -0.212 e. The third-order valence-corrected chi connectivity index (χ3v) is 3.95. The molecule has 0 spiro atoms. The Kier molecular flexibility index (Phi) is 6.38. The van der Waals surface area contributed by atoms with Gasteiger partial charge in [0.1, 0.15) is 0 Å². The highest BCUT2D eigenvalue weighted by atomic mass is 19.1. The summed E-state index contributed by atoms with van der Waals surface area (Å²) in [5.74, 6) is 0.953. The highest BCUT2D eigenvalue weighted by molar-refractivity contribution is 5.20. The van der Waals surface area contributed by atoms with Gasteiger partial charge >= 0.3 is 0 Å². The topological polar surface area (TPSA) is 0 Å². The Morgan fingerprint density at radius 3 is 2.67 bits per heavy atom. The van der Waals surface area contributed by atoms with Crippen molar-refractivity contribution in [1.82, 2.24) is 0 Å². The molecule has 0 heterocycles. The summed E-state index contributed by atoms with van der Waals surface area (Å²) in [6.45, 7) is 8.58. The van der Waals surface area contributed by atoms with Crippen molar-refractivity contribution >= 4 is 0 Å². The third-order valence-electron chi connectivity index (χ3n) is 3.95. The van der Waals surface area contributed by atoms with Gasteiger partial charge in [-0.2, -0.15) is 0 Å². The number of hydrogen-bond donors (Lipinski definition) is 0. The summed E-state index contributed by atoms with van der Waals surface area (Å²) in [5.41, 5.74) is 1.36. The van der Waals surface area contributed by atoms with Crippen LogP contribution in [0.15, 0.2) is 35.7 Å². The molecule has 0 N–H and O–H groups in total. The molecule has 18 heavy (non-hydrogen) atoms. The van der Waals surface area contributed by atoms with Crippen LogP contribution in [0.1, 0.15) is 53.4 Å². The molecule has 0 aliphatic heterocycles. The Morgan fingerprint density at radius 1 is 1.44 bits per heavy atom. The molecule has 0 aromatic rings. The maximum atomic E-state index is 13.8. The van der Waals surface area contributed by atoms with E-state index in [4.69, 9.17) is 0 Å². The van der Waals surface area contributed by atoms with Crippen LogP contribution in [0.25, 0.3) is 0 Å². The van der Waals surface area contributed by atoms with E-state index in [1.54, 1.807) is 0 Å². The first kappa shape index (κ1) is 15.2. The van der Waals surface area contributed by atoms with Crippen LogP contribution < -0.4 is 0 Å². The molecule has 0 saturated carbocycles. The standard InChI is InChI=1S/C17H27F/c1-5-8-14(6-2)10-9-13(4)16-11-15(7-3)12-17(16)18/h8-10,12-13,15-16H,5-7,11H2,1-4H3/b10-9-,14-8-/t13?,15?,16-/m0/s1. The molecule has 3 atom stereocenters. The first-order valence-corrected chi connectivity index (χ1v) is 7.36. The lowest BCUT2D eigenvalue weighted by atomic mass is 9.89. The SMILES string of the molecule is CC/C=C(\C=C/C(C)[C@@H]1CC(CC)C=C1F)CC. The lowest BCUT2D eigenvalue weighted by molar-refractivity contribution is 0.375. The fraction of sp³-hybridized carbons (Fsp3) is 0.647. The zero-order chi connectivity index (χ0) is 13.5. The maximum Gasteiger partial charge on any atom is 0.0999 e. The van der Waals surface area contributed by atoms with Gasteiger partial charge in [0, 0.05) is 5.92 Å². The smallest absolute Gasteiger partial charge is 0.0999 e. The third kappa shape index (κ3) is 4.12. The summed E-state index contributed by atoms with van der Waals surface area (Å²) in [6, 6.07) is 0. The molecule has 0 nitrogen and oxygen atoms in total. The molecule has 1 aliphatic carbocycles. The van der Waals surface area contributed by atoms with Gasteiger partial charge in [-0.05, 0) is 43.6 Å². The molecule has 0 aromatic heterocycles. The molecule has 0 aromatic carbocycles. The predicted molar refractivity (Wildman–Crippen MR) is 78.0 cm³/mol. The lowest BCUT2D eigenvalue weighted by Gasteiger charge is -2.16. The van der Waals surface area contributed by atoms with E-state index < -0.39 is 0 Å². The number of hydrogen-bond acceptors (Lipinski definition) is 0. The summed E-state index contributed by atoms with van der Waals surface area (Å²) in [4.78, 5) is 0. The quantitative estimate of drug-likeness (QED) is 0.521. The second-order valence-electron chi connectivity index (χ2n) is 5.32. The van der Waals surface area contributed by atoms with Gasteiger partial charge in [-0.3, -0.25) is 0 Å². The number of allylic oxidation sites excluding steroid dienone is 6. The van der Waals surface area contributed by atoms with E-state index in [9.17, 15) is 4.39 Å². The van der Waals surface area contributed by atoms with Gasteiger partial charge in [0.15, 0.2) is 0 Å². The summed E-state index contributed by atoms with van der Waals surface area (Å²) in [7, 11) is 0. The van der Waals surface area contributed by atoms with Crippen LogP contribution in [0.4, 0.5) is 4.39 Å². The Labute approximate surface area is 112 Å². The van der Waals surface area contributed by atoms with E-state index in [0.717, 1.165) is 25.7 Å². The molecule has 0 bridgehead atoms. The maximum absolute atomic E-state index is 13.8. The van der Waals surface area contributed by atoms with Crippen molar-refractivity contribution in [2.24, 2.45) is 17.8 Å². The molecule has 1 rings (SSSR count). The van der Waals surface area contributed by atoms with Crippen molar-refractivity contribution in [3.8, 4) is 0 Å². The monoisotopic (exact) mass is 250 g/mol. The first-order chi connectivity index (χ1) is 8.62. The predicted octanol–water partition coefficient (Wildman–Crippen LogP) is 5.82. The Bertz CT molecular complexity index is 336. The van der Waals surface area contributed by atoms with Crippen LogP contribution in [0.5, 0.6) is 0 Å². The van der Waals surface area contributed by atoms with Crippen LogP contribution in [-0.2, 0) is 0 Å². The Morgan fingerprint density at radius 2 is 2.17 bits per heavy atom. The average molecular weight is 250 g/mol. The van der Waals surface area contributed by atoms with E-state index >= 15 is 0 Å². The van der Waals surface area contributed by atoms with Crippen molar-refractivity contribution in [3.63, 3.8) is 0 Å². The molecular weight excluding hydrogens is 223 g/mol. The normalized spacial score (nSPS) is 26.7. The fourth-order valence-corrected chi connectivity index (χ4v) is 2.61. The van der Waals surface area contributed by atoms with Crippen LogP contribution in [-0.4, -0.2) is 0 Å². The highest BCUT2D eigenvalue weighted by Gasteiger charge is 2.28. The first-order valence-electron chi connectivity index (χ1n) is 7.36. The number of rotatable bonds is 6. The molecule has 1 heteroatoms. The minimum atomic E-state index is 0.103. The minimum absolute atomic E-state index is 0.103. The zero-order valence-corrected chi connectivity index (χ0v) is 12.2. The van der Waals surface area contributed by atoms with Gasteiger partial charge in [0.25, 0.3) is 0 Å². The van der Waals surface area contributed by atoms with E-state index in [-0.39, 0.29) is 11.7 Å². The van der Waals surface area contributed by atoms with Crippen molar-refractivity contribution in [3.05, 3.63) is 35.7 Å². The summed E-state index contributed by atoms with van der Waals surface area (Å²) >= 11 is 0. The Hall–Kier alpha value is -0.850. The lowest BCUT2D eigenvalue weighted by Crippen LogP contribution is -2.08. The van der Waals surface area contributed by atoms with Crippen LogP contribution in [0, 0.1) is 17.8 Å². The van der Waals surface area contributed by atoms with E-state index in [0.29, 0.717) is 11.8 Å². The van der Waals surface area contributed by atoms with Crippen LogP contribution >= 0.6 is 0 Å². The molecule has 0 fully saturated rings. The summed E-state index contributed by atoms with van der Waals surface area (Å²) < 4.78 is 13.8. The second kappa shape index (κ2) is 7.56. The number of halogens is 1. The van der Waals surface area contributed by atoms with Gasteiger partial charge in [0.05, 0.1) is 5.83 Å². The summed E-state index contributed by atoms with van der Waals surface area (Å²) in [5, 5.41) is 0. The fourth-order valence-electron chi connectivity index (χ4n) is 2.61. The van der Waals surface area contributed by atoms with Gasteiger partial charge in [-0.25, -0.2) is 4.39 Å².